The van der Waals surface area contributed by atoms with E-state index < -0.39 is 34.2 Å². The van der Waals surface area contributed by atoms with E-state index in [1.54, 1.807) is 28.8 Å². The van der Waals surface area contributed by atoms with E-state index >= 15 is 4.79 Å². The van der Waals surface area contributed by atoms with E-state index in [0.29, 0.717) is 19.4 Å². The molecular formula is C36H52N2O5S. The van der Waals surface area contributed by atoms with Gasteiger partial charge in [0.15, 0.2) is 0 Å². The average molecular weight is 625 g/mol. The maximum Gasteiger partial charge on any atom is 0.310 e. The predicted molar refractivity (Wildman–Crippen MR) is 177 cm³/mol. The predicted octanol–water partition coefficient (Wildman–Crippen LogP) is 5.67. The Bertz CT molecular complexity index is 1230. The van der Waals surface area contributed by atoms with Gasteiger partial charge in [0.2, 0.25) is 11.8 Å². The summed E-state index contributed by atoms with van der Waals surface area (Å²) in [6, 6.07) is 8.30. The number of hydrogen-bond acceptors (Lipinski definition) is 6. The molecule has 44 heavy (non-hydrogen) atoms. The van der Waals surface area contributed by atoms with Gasteiger partial charge < -0.3 is 19.6 Å². The Hall–Kier alpha value is -2.58. The molecule has 0 aromatic heterocycles. The zero-order chi connectivity index (χ0) is 32.4. The highest BCUT2D eigenvalue weighted by atomic mass is 32.2. The van der Waals surface area contributed by atoms with Gasteiger partial charge >= 0.3 is 5.97 Å². The van der Waals surface area contributed by atoms with E-state index in [2.05, 4.69) is 54.7 Å². The van der Waals surface area contributed by atoms with Crippen LogP contribution in [0.1, 0.15) is 72.8 Å². The summed E-state index contributed by atoms with van der Waals surface area (Å²) in [5, 5.41) is 10.7. The lowest BCUT2D eigenvalue weighted by molar-refractivity contribution is -0.155. The largest absolute Gasteiger partial charge is 0.465 e. The van der Waals surface area contributed by atoms with Crippen LogP contribution in [0.4, 0.5) is 0 Å². The zero-order valence-corrected chi connectivity index (χ0v) is 28.3. The smallest absolute Gasteiger partial charge is 0.310 e. The Morgan fingerprint density at radius 3 is 2.45 bits per heavy atom. The Morgan fingerprint density at radius 1 is 1.18 bits per heavy atom. The molecule has 242 valence electrons. The van der Waals surface area contributed by atoms with Crippen molar-refractivity contribution in [2.75, 3.05) is 19.8 Å². The van der Waals surface area contributed by atoms with Gasteiger partial charge in [0, 0.05) is 17.3 Å². The molecule has 3 aliphatic heterocycles. The van der Waals surface area contributed by atoms with Gasteiger partial charge in [-0.15, -0.1) is 24.9 Å². The van der Waals surface area contributed by atoms with Crippen LogP contribution in [0.5, 0.6) is 0 Å². The van der Waals surface area contributed by atoms with Crippen molar-refractivity contribution in [2.45, 2.75) is 101 Å². The van der Waals surface area contributed by atoms with E-state index in [1.165, 1.54) is 0 Å². The van der Waals surface area contributed by atoms with Crippen molar-refractivity contribution in [3.8, 4) is 0 Å². The summed E-state index contributed by atoms with van der Waals surface area (Å²) in [5.74, 6) is -2.02. The first kappa shape index (κ1) is 34.3. The maximum atomic E-state index is 15.2. The number of carbonyl (C=O) groups excluding carboxylic acids is 3. The minimum Gasteiger partial charge on any atom is -0.465 e. The molecule has 0 radical (unpaired) electrons. The number of esters is 1. The summed E-state index contributed by atoms with van der Waals surface area (Å²) in [6.07, 6.45) is 6.84. The minimum atomic E-state index is -0.830. The van der Waals surface area contributed by atoms with Crippen LogP contribution < -0.4 is 0 Å². The van der Waals surface area contributed by atoms with Gasteiger partial charge in [0.1, 0.15) is 6.04 Å². The molecule has 2 bridgehead atoms. The molecule has 0 aliphatic carbocycles. The number of benzene rings is 1. The number of hydrogen-bond donors (Lipinski definition) is 1. The molecule has 1 N–H and O–H groups in total. The number of aliphatic hydroxyl groups excluding tert-OH is 1. The van der Waals surface area contributed by atoms with Gasteiger partial charge in [-0.1, -0.05) is 70.2 Å². The number of nitrogens with zero attached hydrogens (tertiary/aromatic N) is 2. The Kier molecular flexibility index (Phi) is 10.5. The number of allylic oxidation sites excluding steroid dienone is 1. The van der Waals surface area contributed by atoms with Crippen LogP contribution in [0.2, 0.25) is 0 Å². The second kappa shape index (κ2) is 13.4. The average Bonchev–Trinajstić information content (AvgIpc) is 3.55. The molecule has 1 aromatic carbocycles. The summed E-state index contributed by atoms with van der Waals surface area (Å²) in [7, 11) is 0. The highest BCUT2D eigenvalue weighted by Crippen LogP contribution is 2.69. The number of thioether (sulfide) groups is 1. The van der Waals surface area contributed by atoms with E-state index in [1.807, 2.05) is 35.2 Å². The Labute approximate surface area is 268 Å². The van der Waals surface area contributed by atoms with Crippen molar-refractivity contribution in [1.82, 2.24) is 9.80 Å². The van der Waals surface area contributed by atoms with Crippen LogP contribution >= 0.6 is 11.8 Å². The van der Waals surface area contributed by atoms with Crippen LogP contribution in [0.3, 0.4) is 0 Å². The number of fused-ring (bicyclic) bond motifs is 1. The fourth-order valence-electron chi connectivity index (χ4n) is 8.34. The number of likely N-dealkylation sites (tertiary alicyclic amines) is 1. The number of aliphatic hydroxyl groups is 1. The third kappa shape index (κ3) is 6.39. The first-order valence-corrected chi connectivity index (χ1v) is 17.0. The minimum absolute atomic E-state index is 0.0163. The van der Waals surface area contributed by atoms with Crippen molar-refractivity contribution >= 4 is 29.5 Å². The molecule has 0 saturated carbocycles. The molecule has 3 aliphatic rings. The lowest BCUT2D eigenvalue weighted by atomic mass is 9.66. The third-order valence-electron chi connectivity index (χ3n) is 9.68. The summed E-state index contributed by atoms with van der Waals surface area (Å²) < 4.78 is 4.95. The summed E-state index contributed by atoms with van der Waals surface area (Å²) in [6.45, 7) is 20.8. The molecule has 2 amide bonds. The first-order valence-electron chi connectivity index (χ1n) is 16.1. The van der Waals surface area contributed by atoms with Crippen molar-refractivity contribution < 1.29 is 24.2 Å². The number of ether oxygens (including phenoxy) is 1. The van der Waals surface area contributed by atoms with Crippen molar-refractivity contribution in [2.24, 2.45) is 23.2 Å². The van der Waals surface area contributed by atoms with Gasteiger partial charge in [-0.3, -0.25) is 14.4 Å². The zero-order valence-electron chi connectivity index (χ0n) is 27.5. The van der Waals surface area contributed by atoms with E-state index in [-0.39, 0.29) is 47.6 Å². The van der Waals surface area contributed by atoms with Gasteiger partial charge in [-0.05, 0) is 62.8 Å². The van der Waals surface area contributed by atoms with Crippen LogP contribution in [-0.2, 0) is 25.5 Å². The molecular weight excluding hydrogens is 572 g/mol. The third-order valence-corrected chi connectivity index (χ3v) is 11.8. The molecule has 8 heteroatoms. The molecule has 3 saturated heterocycles. The van der Waals surface area contributed by atoms with Gasteiger partial charge in [0.05, 0.1) is 35.8 Å². The van der Waals surface area contributed by atoms with Crippen molar-refractivity contribution in [3.05, 3.63) is 61.2 Å². The second-order valence-electron chi connectivity index (χ2n) is 14.7. The fraction of sp³-hybridized carbons (Fsp3) is 0.639. The van der Waals surface area contributed by atoms with Crippen molar-refractivity contribution in [1.29, 1.82) is 0 Å². The molecule has 1 aromatic rings. The highest BCUT2D eigenvalue weighted by Gasteiger charge is 2.77. The molecule has 7 atom stereocenters. The van der Waals surface area contributed by atoms with Crippen molar-refractivity contribution in [3.63, 3.8) is 0 Å². The number of rotatable bonds is 14. The van der Waals surface area contributed by atoms with Crippen LogP contribution in [0.25, 0.3) is 0 Å². The van der Waals surface area contributed by atoms with E-state index in [0.717, 1.165) is 24.8 Å². The van der Waals surface area contributed by atoms with Gasteiger partial charge in [-0.2, -0.15) is 0 Å². The summed E-state index contributed by atoms with van der Waals surface area (Å²) in [4.78, 5) is 47.1. The van der Waals surface area contributed by atoms with Gasteiger partial charge in [0.25, 0.3) is 0 Å². The first-order chi connectivity index (χ1) is 20.7. The van der Waals surface area contributed by atoms with Gasteiger partial charge in [-0.25, -0.2) is 0 Å². The van der Waals surface area contributed by atoms with Crippen LogP contribution in [0, 0.1) is 23.2 Å². The standard InChI is InChI=1S/C36H52N2O5S/c1-9-11-15-19-43-33(42)28-27-20-24(3)36(44-27)29(28)31(40)38(26(22-39)21-25-16-13-12-14-17-25)30(36)32(41)37(18-10-2)35(7,8)23-34(4,5)6/h9-10,12-14,16-17,24,26-30,39H,1-2,11,15,18-23H2,3-8H3/t24?,26-,27+,28-,29+,30?,36?/m1/s1. The SMILES string of the molecule is C=CCCCOC(=O)[C@@H]1[C@@H]2CC(C)C3(S2)C(C(=O)N(CC=C)C(C)(C)CC(C)(C)C)N([C@@H](CO)Cc2ccccc2)C(=O)[C@H]13. The molecule has 7 nitrogen and oxygen atoms in total. The summed E-state index contributed by atoms with van der Waals surface area (Å²) >= 11 is 1.64. The van der Waals surface area contributed by atoms with Crippen LogP contribution in [-0.4, -0.2) is 80.1 Å². The second-order valence-corrected chi connectivity index (χ2v) is 16.3. The monoisotopic (exact) mass is 624 g/mol. The number of unbranched alkanes of at least 4 members (excludes halogenated alkanes) is 1. The van der Waals surface area contributed by atoms with Crippen LogP contribution in [0.15, 0.2) is 55.6 Å². The number of amides is 2. The topological polar surface area (TPSA) is 87.2 Å². The molecule has 3 fully saturated rings. The number of carbonyl (C=O) groups is 3. The highest BCUT2D eigenvalue weighted by molar-refractivity contribution is 8.02. The molecule has 3 heterocycles. The maximum absolute atomic E-state index is 15.2. The fourth-order valence-corrected chi connectivity index (χ4v) is 10.7. The lowest BCUT2D eigenvalue weighted by Crippen LogP contribution is -2.63. The quantitative estimate of drug-likeness (QED) is 0.163. The van der Waals surface area contributed by atoms with E-state index in [4.69, 9.17) is 4.74 Å². The molecule has 1 spiro atoms. The molecule has 3 unspecified atom stereocenters. The normalized spacial score (nSPS) is 28.5. The summed E-state index contributed by atoms with van der Waals surface area (Å²) in [5.41, 5.74) is 0.388. The van der Waals surface area contributed by atoms with E-state index in [9.17, 15) is 14.7 Å². The Morgan fingerprint density at radius 2 is 1.86 bits per heavy atom. The molecule has 4 rings (SSSR count). The Balaban J connectivity index is 1.81. The lowest BCUT2D eigenvalue weighted by Gasteiger charge is -2.47.